The highest BCUT2D eigenvalue weighted by Gasteiger charge is 2.29. The Morgan fingerprint density at radius 2 is 1.62 bits per heavy atom. The quantitative estimate of drug-likeness (QED) is 0.833. The van der Waals surface area contributed by atoms with E-state index in [2.05, 4.69) is 39.7 Å². The molecule has 0 aliphatic rings. The number of rotatable bonds is 2. The van der Waals surface area contributed by atoms with Crippen LogP contribution in [0.1, 0.15) is 71.7 Å². The first-order valence-corrected chi connectivity index (χ1v) is 5.98. The Kier molecular flexibility index (Phi) is 3.36. The minimum absolute atomic E-state index is 0.0726. The molecule has 1 heterocycles. The number of aromatic hydroxyl groups is 1. The van der Waals surface area contributed by atoms with Gasteiger partial charge in [0.2, 0.25) is 5.88 Å². The predicted octanol–water partition coefficient (Wildman–Crippen LogP) is 3.59. The van der Waals surface area contributed by atoms with E-state index < -0.39 is 0 Å². The molecule has 0 fully saturated rings. The van der Waals surface area contributed by atoms with E-state index >= 15 is 0 Å². The van der Waals surface area contributed by atoms with Gasteiger partial charge in [-0.25, -0.2) is 4.68 Å². The van der Waals surface area contributed by atoms with Gasteiger partial charge in [0, 0.05) is 5.56 Å². The summed E-state index contributed by atoms with van der Waals surface area (Å²) in [5, 5.41) is 14.8. The summed E-state index contributed by atoms with van der Waals surface area (Å²) in [5.41, 5.74) is 1.92. The molecule has 0 saturated carbocycles. The van der Waals surface area contributed by atoms with Gasteiger partial charge in [-0.2, -0.15) is 5.10 Å². The molecule has 0 aromatic carbocycles. The molecule has 1 rings (SSSR count). The van der Waals surface area contributed by atoms with Gasteiger partial charge >= 0.3 is 0 Å². The van der Waals surface area contributed by atoms with Gasteiger partial charge in [-0.05, 0) is 25.2 Å². The van der Waals surface area contributed by atoms with E-state index in [0.717, 1.165) is 11.3 Å². The second-order valence-corrected chi connectivity index (χ2v) is 6.03. The average molecular weight is 224 g/mol. The molecule has 0 radical (unpaired) electrons. The summed E-state index contributed by atoms with van der Waals surface area (Å²) in [6.07, 6.45) is 0. The van der Waals surface area contributed by atoms with Crippen molar-refractivity contribution in [2.75, 3.05) is 0 Å². The van der Waals surface area contributed by atoms with E-state index in [0.29, 0.717) is 11.8 Å². The SMILES string of the molecule is CC(C)c1nn(C(C)C)c(O)c1C(C)(C)C. The third-order valence-corrected chi connectivity index (χ3v) is 2.70. The molecule has 0 atom stereocenters. The maximum Gasteiger partial charge on any atom is 0.213 e. The minimum Gasteiger partial charge on any atom is -0.493 e. The minimum atomic E-state index is -0.0726. The summed E-state index contributed by atoms with van der Waals surface area (Å²) >= 11 is 0. The molecule has 1 aromatic heterocycles. The molecule has 0 saturated heterocycles. The zero-order valence-corrected chi connectivity index (χ0v) is 11.5. The lowest BCUT2D eigenvalue weighted by molar-refractivity contribution is 0.365. The number of hydrogen-bond donors (Lipinski definition) is 1. The van der Waals surface area contributed by atoms with Crippen LogP contribution in [0, 0.1) is 0 Å². The van der Waals surface area contributed by atoms with Crippen LogP contribution < -0.4 is 0 Å². The number of nitrogens with zero attached hydrogens (tertiary/aromatic N) is 2. The summed E-state index contributed by atoms with van der Waals surface area (Å²) < 4.78 is 1.72. The van der Waals surface area contributed by atoms with E-state index in [4.69, 9.17) is 0 Å². The Hall–Kier alpha value is -0.990. The fourth-order valence-electron chi connectivity index (χ4n) is 1.93. The van der Waals surface area contributed by atoms with Crippen molar-refractivity contribution >= 4 is 0 Å². The van der Waals surface area contributed by atoms with Crippen molar-refractivity contribution in [1.82, 2.24) is 9.78 Å². The molecule has 0 aliphatic carbocycles. The van der Waals surface area contributed by atoms with Crippen molar-refractivity contribution in [2.24, 2.45) is 0 Å². The van der Waals surface area contributed by atoms with Crippen LogP contribution in [0.2, 0.25) is 0 Å². The van der Waals surface area contributed by atoms with E-state index in [1.165, 1.54) is 0 Å². The van der Waals surface area contributed by atoms with Gasteiger partial charge in [-0.3, -0.25) is 0 Å². The molecule has 0 spiro atoms. The van der Waals surface area contributed by atoms with Gasteiger partial charge in [0.1, 0.15) is 0 Å². The Morgan fingerprint density at radius 1 is 1.12 bits per heavy atom. The number of aromatic nitrogens is 2. The third-order valence-electron chi connectivity index (χ3n) is 2.70. The first kappa shape index (κ1) is 13.1. The van der Waals surface area contributed by atoms with Crippen LogP contribution in [-0.2, 0) is 5.41 Å². The normalized spacial score (nSPS) is 12.8. The van der Waals surface area contributed by atoms with Crippen LogP contribution >= 0.6 is 0 Å². The Morgan fingerprint density at radius 3 is 1.88 bits per heavy atom. The molecule has 0 unspecified atom stereocenters. The predicted molar refractivity (Wildman–Crippen MR) is 67.1 cm³/mol. The third kappa shape index (κ3) is 2.23. The molecule has 0 bridgehead atoms. The fraction of sp³-hybridized carbons (Fsp3) is 0.769. The molecular weight excluding hydrogens is 200 g/mol. The summed E-state index contributed by atoms with van der Waals surface area (Å²) in [5.74, 6) is 0.659. The molecular formula is C13H24N2O. The Bertz CT molecular complexity index is 370. The highest BCUT2D eigenvalue weighted by Crippen LogP contribution is 2.37. The van der Waals surface area contributed by atoms with Gasteiger partial charge < -0.3 is 5.11 Å². The zero-order valence-electron chi connectivity index (χ0n) is 11.5. The first-order valence-electron chi connectivity index (χ1n) is 5.98. The standard InChI is InChI=1S/C13H24N2O/c1-8(2)11-10(13(5,6)7)12(16)15(14-11)9(3)4/h8-9,16H,1-7H3. The zero-order chi connectivity index (χ0) is 12.7. The number of hydrogen-bond acceptors (Lipinski definition) is 2. The lowest BCUT2D eigenvalue weighted by Gasteiger charge is -2.20. The second-order valence-electron chi connectivity index (χ2n) is 6.03. The van der Waals surface area contributed by atoms with Crippen LogP contribution in [0.5, 0.6) is 5.88 Å². The van der Waals surface area contributed by atoms with Crippen LogP contribution in [-0.4, -0.2) is 14.9 Å². The van der Waals surface area contributed by atoms with Gasteiger partial charge in [0.05, 0.1) is 11.7 Å². The first-order chi connectivity index (χ1) is 7.16. The van der Waals surface area contributed by atoms with Crippen molar-refractivity contribution in [2.45, 2.75) is 65.8 Å². The van der Waals surface area contributed by atoms with Gasteiger partial charge in [0.25, 0.3) is 0 Å². The van der Waals surface area contributed by atoms with Crippen molar-refractivity contribution < 1.29 is 5.11 Å². The van der Waals surface area contributed by atoms with Crippen LogP contribution in [0.15, 0.2) is 0 Å². The smallest absolute Gasteiger partial charge is 0.213 e. The highest BCUT2D eigenvalue weighted by atomic mass is 16.3. The molecule has 0 aliphatic heterocycles. The topological polar surface area (TPSA) is 38.0 Å². The maximum atomic E-state index is 10.3. The van der Waals surface area contributed by atoms with E-state index in [1.807, 2.05) is 13.8 Å². The van der Waals surface area contributed by atoms with E-state index in [9.17, 15) is 5.11 Å². The molecule has 1 N–H and O–H groups in total. The van der Waals surface area contributed by atoms with Crippen molar-refractivity contribution in [3.8, 4) is 5.88 Å². The largest absolute Gasteiger partial charge is 0.493 e. The van der Waals surface area contributed by atoms with Crippen molar-refractivity contribution in [1.29, 1.82) is 0 Å². The molecule has 0 amide bonds. The fourth-order valence-corrected chi connectivity index (χ4v) is 1.93. The lowest BCUT2D eigenvalue weighted by atomic mass is 9.84. The van der Waals surface area contributed by atoms with Gasteiger partial charge in [0.15, 0.2) is 0 Å². The van der Waals surface area contributed by atoms with Gasteiger partial charge in [-0.15, -0.1) is 0 Å². The molecule has 3 heteroatoms. The molecule has 3 nitrogen and oxygen atoms in total. The monoisotopic (exact) mass is 224 g/mol. The van der Waals surface area contributed by atoms with E-state index in [1.54, 1.807) is 4.68 Å². The summed E-state index contributed by atoms with van der Waals surface area (Å²) in [6.45, 7) is 14.6. The molecule has 92 valence electrons. The van der Waals surface area contributed by atoms with E-state index in [-0.39, 0.29) is 11.5 Å². The average Bonchev–Trinajstić information content (AvgIpc) is 2.41. The second kappa shape index (κ2) is 4.11. The summed E-state index contributed by atoms with van der Waals surface area (Å²) in [4.78, 5) is 0. The molecule has 16 heavy (non-hydrogen) atoms. The molecule has 1 aromatic rings. The highest BCUT2D eigenvalue weighted by molar-refractivity contribution is 5.38. The Balaban J connectivity index is 3.44. The maximum absolute atomic E-state index is 10.3. The van der Waals surface area contributed by atoms with Crippen molar-refractivity contribution in [3.05, 3.63) is 11.3 Å². The lowest BCUT2D eigenvalue weighted by Crippen LogP contribution is -2.13. The van der Waals surface area contributed by atoms with Crippen molar-refractivity contribution in [3.63, 3.8) is 0 Å². The van der Waals surface area contributed by atoms with Crippen LogP contribution in [0.25, 0.3) is 0 Å². The van der Waals surface area contributed by atoms with Crippen LogP contribution in [0.3, 0.4) is 0 Å². The van der Waals surface area contributed by atoms with Gasteiger partial charge in [-0.1, -0.05) is 34.6 Å². The Labute approximate surface area is 98.5 Å². The van der Waals surface area contributed by atoms with Crippen LogP contribution in [0.4, 0.5) is 0 Å². The summed E-state index contributed by atoms with van der Waals surface area (Å²) in [7, 11) is 0. The summed E-state index contributed by atoms with van der Waals surface area (Å²) in [6, 6.07) is 0.189.